The largest absolute Gasteiger partial charge is 0.497 e. The van der Waals surface area contributed by atoms with Crippen molar-refractivity contribution in [1.82, 2.24) is 0 Å². The van der Waals surface area contributed by atoms with E-state index in [0.717, 1.165) is 5.56 Å². The number of methoxy groups -OCH3 is 2. The van der Waals surface area contributed by atoms with Gasteiger partial charge in [0.25, 0.3) is 0 Å². The van der Waals surface area contributed by atoms with Crippen molar-refractivity contribution >= 4 is 18.4 Å². The number of halogens is 1. The Kier molecular flexibility index (Phi) is 7.95. The lowest BCUT2D eigenvalue weighted by Crippen LogP contribution is -2.34. The second kappa shape index (κ2) is 8.61. The Hall–Kier alpha value is -1.46. The van der Waals surface area contributed by atoms with Gasteiger partial charge in [0.05, 0.1) is 20.8 Å². The molecule has 0 radical (unpaired) electrons. The van der Waals surface area contributed by atoms with E-state index < -0.39 is 12.0 Å². The van der Waals surface area contributed by atoms with Gasteiger partial charge in [-0.15, -0.1) is 12.4 Å². The van der Waals surface area contributed by atoms with Crippen LogP contribution in [0.1, 0.15) is 12.5 Å². The first kappa shape index (κ1) is 17.5. The lowest BCUT2D eigenvalue weighted by atomic mass is 10.1. The fraction of sp³-hybridized carbons (Fsp3) is 0.462. The third kappa shape index (κ3) is 4.96. The van der Waals surface area contributed by atoms with E-state index in [0.29, 0.717) is 24.5 Å². The summed E-state index contributed by atoms with van der Waals surface area (Å²) in [5, 5.41) is 0. The molecular formula is C13H20ClNO4. The third-order valence-electron chi connectivity index (χ3n) is 2.52. The smallest absolute Gasteiger partial charge is 0.323 e. The number of carbonyl (C=O) groups excluding carboxylic acids is 1. The highest BCUT2D eigenvalue weighted by Crippen LogP contribution is 2.25. The first-order chi connectivity index (χ1) is 8.62. The number of ether oxygens (including phenoxy) is 3. The molecule has 2 N–H and O–H groups in total. The molecule has 0 saturated carbocycles. The number of esters is 1. The molecular weight excluding hydrogens is 270 g/mol. The van der Waals surface area contributed by atoms with E-state index in [1.165, 1.54) is 0 Å². The first-order valence-electron chi connectivity index (χ1n) is 5.75. The van der Waals surface area contributed by atoms with E-state index in [4.69, 9.17) is 19.9 Å². The van der Waals surface area contributed by atoms with Crippen molar-refractivity contribution in [2.24, 2.45) is 5.73 Å². The van der Waals surface area contributed by atoms with Crippen LogP contribution in [0, 0.1) is 0 Å². The molecule has 0 amide bonds. The molecule has 0 bridgehead atoms. The van der Waals surface area contributed by atoms with Crippen molar-refractivity contribution in [2.45, 2.75) is 19.4 Å². The molecule has 5 nitrogen and oxygen atoms in total. The van der Waals surface area contributed by atoms with Crippen LogP contribution in [0.15, 0.2) is 18.2 Å². The van der Waals surface area contributed by atoms with Crippen molar-refractivity contribution in [3.63, 3.8) is 0 Å². The summed E-state index contributed by atoms with van der Waals surface area (Å²) in [6, 6.07) is 4.67. The zero-order valence-electron chi connectivity index (χ0n) is 11.3. The molecule has 108 valence electrons. The highest BCUT2D eigenvalue weighted by molar-refractivity contribution is 5.85. The summed E-state index contributed by atoms with van der Waals surface area (Å²) in [5.41, 5.74) is 6.60. The molecule has 1 aromatic rings. The van der Waals surface area contributed by atoms with Gasteiger partial charge in [-0.25, -0.2) is 0 Å². The molecule has 19 heavy (non-hydrogen) atoms. The maximum Gasteiger partial charge on any atom is 0.323 e. The van der Waals surface area contributed by atoms with E-state index in [1.54, 1.807) is 39.3 Å². The molecule has 0 aromatic heterocycles. The summed E-state index contributed by atoms with van der Waals surface area (Å²) in [6.45, 7) is 2.07. The summed E-state index contributed by atoms with van der Waals surface area (Å²) >= 11 is 0. The molecule has 0 aliphatic heterocycles. The van der Waals surface area contributed by atoms with Gasteiger partial charge in [0, 0.05) is 6.42 Å². The zero-order valence-corrected chi connectivity index (χ0v) is 12.2. The standard InChI is InChI=1S/C13H19NO4.ClH/c1-4-18-13(15)11(14)8-9-7-10(16-2)5-6-12(9)17-3;/h5-7,11H,4,8,14H2,1-3H3;1H. The second-order valence-corrected chi connectivity index (χ2v) is 3.74. The number of hydrogen-bond donors (Lipinski definition) is 1. The van der Waals surface area contributed by atoms with Gasteiger partial charge in [0.2, 0.25) is 0 Å². The zero-order chi connectivity index (χ0) is 13.5. The third-order valence-corrected chi connectivity index (χ3v) is 2.52. The van der Waals surface area contributed by atoms with Gasteiger partial charge in [0.15, 0.2) is 0 Å². The van der Waals surface area contributed by atoms with Crippen molar-refractivity contribution in [1.29, 1.82) is 0 Å². The normalized spacial score (nSPS) is 11.2. The van der Waals surface area contributed by atoms with Crippen LogP contribution >= 0.6 is 12.4 Å². The molecule has 0 spiro atoms. The Balaban J connectivity index is 0.00000324. The van der Waals surface area contributed by atoms with Crippen LogP contribution in [0.4, 0.5) is 0 Å². The summed E-state index contributed by atoms with van der Waals surface area (Å²) < 4.78 is 15.2. The minimum atomic E-state index is -0.703. The number of hydrogen-bond acceptors (Lipinski definition) is 5. The topological polar surface area (TPSA) is 70.8 Å². The molecule has 1 rings (SSSR count). The van der Waals surface area contributed by atoms with Crippen LogP contribution in [0.5, 0.6) is 11.5 Å². The SMILES string of the molecule is CCOC(=O)C(N)Cc1cc(OC)ccc1OC.Cl. The predicted octanol–water partition coefficient (Wildman–Crippen LogP) is 1.56. The second-order valence-electron chi connectivity index (χ2n) is 3.74. The first-order valence-corrected chi connectivity index (χ1v) is 5.75. The minimum absolute atomic E-state index is 0. The van der Waals surface area contributed by atoms with Gasteiger partial charge in [-0.05, 0) is 30.7 Å². The molecule has 0 fully saturated rings. The summed E-state index contributed by atoms with van der Waals surface area (Å²) in [4.78, 5) is 11.5. The van der Waals surface area contributed by atoms with Crippen LogP contribution in [-0.2, 0) is 16.0 Å². The molecule has 1 aromatic carbocycles. The summed E-state index contributed by atoms with van der Waals surface area (Å²) in [5.74, 6) is 0.958. The van der Waals surface area contributed by atoms with Gasteiger partial charge < -0.3 is 19.9 Å². The number of rotatable bonds is 6. The Bertz CT molecular complexity index is 412. The Morgan fingerprint density at radius 2 is 2.00 bits per heavy atom. The van der Waals surface area contributed by atoms with Crippen LogP contribution < -0.4 is 15.2 Å². The van der Waals surface area contributed by atoms with E-state index in [9.17, 15) is 4.79 Å². The predicted molar refractivity (Wildman–Crippen MR) is 75.1 cm³/mol. The van der Waals surface area contributed by atoms with Crippen molar-refractivity contribution < 1.29 is 19.0 Å². The average Bonchev–Trinajstić information content (AvgIpc) is 2.38. The van der Waals surface area contributed by atoms with Crippen LogP contribution in [0.25, 0.3) is 0 Å². The van der Waals surface area contributed by atoms with Crippen molar-refractivity contribution in [3.05, 3.63) is 23.8 Å². The quantitative estimate of drug-likeness (QED) is 0.805. The van der Waals surface area contributed by atoms with Gasteiger partial charge in [-0.2, -0.15) is 0 Å². The summed E-state index contributed by atoms with van der Waals surface area (Å²) in [6.07, 6.45) is 0.346. The Morgan fingerprint density at radius 3 is 2.53 bits per heavy atom. The number of nitrogens with two attached hydrogens (primary N) is 1. The lowest BCUT2D eigenvalue weighted by Gasteiger charge is -2.14. The maximum atomic E-state index is 11.5. The maximum absolute atomic E-state index is 11.5. The molecule has 0 aliphatic rings. The van der Waals surface area contributed by atoms with Gasteiger partial charge in [-0.3, -0.25) is 4.79 Å². The minimum Gasteiger partial charge on any atom is -0.497 e. The van der Waals surface area contributed by atoms with E-state index in [2.05, 4.69) is 0 Å². The van der Waals surface area contributed by atoms with Crippen molar-refractivity contribution in [3.8, 4) is 11.5 Å². The fourth-order valence-electron chi connectivity index (χ4n) is 1.61. The van der Waals surface area contributed by atoms with E-state index in [1.807, 2.05) is 0 Å². The van der Waals surface area contributed by atoms with Crippen molar-refractivity contribution in [2.75, 3.05) is 20.8 Å². The molecule has 1 atom stereocenters. The van der Waals surface area contributed by atoms with Crippen LogP contribution in [0.3, 0.4) is 0 Å². The van der Waals surface area contributed by atoms with Gasteiger partial charge in [0.1, 0.15) is 17.5 Å². The van der Waals surface area contributed by atoms with Crippen LogP contribution in [-0.4, -0.2) is 32.8 Å². The molecule has 0 aliphatic carbocycles. The molecule has 6 heteroatoms. The highest BCUT2D eigenvalue weighted by Gasteiger charge is 2.17. The lowest BCUT2D eigenvalue weighted by molar-refractivity contribution is -0.144. The monoisotopic (exact) mass is 289 g/mol. The Morgan fingerprint density at radius 1 is 1.32 bits per heavy atom. The van der Waals surface area contributed by atoms with E-state index >= 15 is 0 Å². The number of benzene rings is 1. The molecule has 0 saturated heterocycles. The van der Waals surface area contributed by atoms with E-state index in [-0.39, 0.29) is 12.4 Å². The molecule has 0 heterocycles. The van der Waals surface area contributed by atoms with Crippen LogP contribution in [0.2, 0.25) is 0 Å². The summed E-state index contributed by atoms with van der Waals surface area (Å²) in [7, 11) is 3.15. The highest BCUT2D eigenvalue weighted by atomic mass is 35.5. The number of carbonyl (C=O) groups is 1. The Labute approximate surface area is 119 Å². The van der Waals surface area contributed by atoms with Gasteiger partial charge >= 0.3 is 5.97 Å². The average molecular weight is 290 g/mol. The van der Waals surface area contributed by atoms with Gasteiger partial charge in [-0.1, -0.05) is 0 Å². The molecule has 1 unspecified atom stereocenters. The fourth-order valence-corrected chi connectivity index (χ4v) is 1.61.